The Bertz CT molecular complexity index is 610. The van der Waals surface area contributed by atoms with Crippen LogP contribution in [-0.2, 0) is 10.0 Å². The SMILES string of the molecule is NS(=O)(=O)c1cc(Cl)cc(C(=O)NCC2CCCC2)c1. The van der Waals surface area contributed by atoms with Crippen LogP contribution in [0.2, 0.25) is 5.02 Å². The number of amides is 1. The summed E-state index contributed by atoms with van der Waals surface area (Å²) in [5.74, 6) is 0.181. The molecule has 0 atom stereocenters. The number of benzene rings is 1. The number of carbonyl (C=O) groups excluding carboxylic acids is 1. The highest BCUT2D eigenvalue weighted by Gasteiger charge is 2.18. The largest absolute Gasteiger partial charge is 0.352 e. The van der Waals surface area contributed by atoms with Crippen molar-refractivity contribution in [1.29, 1.82) is 0 Å². The molecule has 1 aliphatic rings. The molecule has 3 N–H and O–H groups in total. The number of nitrogens with one attached hydrogen (secondary N) is 1. The van der Waals surface area contributed by atoms with E-state index in [-0.39, 0.29) is 21.4 Å². The Morgan fingerprint density at radius 2 is 1.95 bits per heavy atom. The molecule has 0 unspecified atom stereocenters. The number of sulfonamides is 1. The van der Waals surface area contributed by atoms with Crippen molar-refractivity contribution in [3.05, 3.63) is 28.8 Å². The summed E-state index contributed by atoms with van der Waals surface area (Å²) < 4.78 is 22.6. The van der Waals surface area contributed by atoms with Crippen molar-refractivity contribution in [2.45, 2.75) is 30.6 Å². The summed E-state index contributed by atoms with van der Waals surface area (Å²) in [6.07, 6.45) is 4.65. The van der Waals surface area contributed by atoms with E-state index in [4.69, 9.17) is 16.7 Å². The Morgan fingerprint density at radius 3 is 2.55 bits per heavy atom. The number of halogens is 1. The topological polar surface area (TPSA) is 89.3 Å². The molecule has 20 heavy (non-hydrogen) atoms. The summed E-state index contributed by atoms with van der Waals surface area (Å²) in [7, 11) is -3.88. The lowest BCUT2D eigenvalue weighted by atomic mass is 10.1. The Hall–Kier alpha value is -1.11. The van der Waals surface area contributed by atoms with Gasteiger partial charge in [0.15, 0.2) is 0 Å². The molecule has 1 aromatic carbocycles. The summed E-state index contributed by atoms with van der Waals surface area (Å²) >= 11 is 5.83. The average molecular weight is 317 g/mol. The minimum absolute atomic E-state index is 0.156. The summed E-state index contributed by atoms with van der Waals surface area (Å²) in [5, 5.41) is 8.03. The summed E-state index contributed by atoms with van der Waals surface area (Å²) in [5.41, 5.74) is 0.208. The van der Waals surface area contributed by atoms with E-state index < -0.39 is 10.0 Å². The lowest BCUT2D eigenvalue weighted by molar-refractivity contribution is 0.0947. The van der Waals surface area contributed by atoms with Gasteiger partial charge in [-0.15, -0.1) is 0 Å². The number of nitrogens with two attached hydrogens (primary N) is 1. The lowest BCUT2D eigenvalue weighted by Gasteiger charge is -2.11. The van der Waals surface area contributed by atoms with Gasteiger partial charge in [0.2, 0.25) is 10.0 Å². The van der Waals surface area contributed by atoms with Gasteiger partial charge in [-0.05, 0) is 37.0 Å². The smallest absolute Gasteiger partial charge is 0.251 e. The highest BCUT2D eigenvalue weighted by atomic mass is 35.5. The van der Waals surface area contributed by atoms with Gasteiger partial charge in [0.05, 0.1) is 4.90 Å². The van der Waals surface area contributed by atoms with Crippen LogP contribution in [0, 0.1) is 5.92 Å². The van der Waals surface area contributed by atoms with Crippen molar-refractivity contribution < 1.29 is 13.2 Å². The van der Waals surface area contributed by atoms with Crippen LogP contribution in [0.5, 0.6) is 0 Å². The maximum absolute atomic E-state index is 12.0. The number of hydrogen-bond acceptors (Lipinski definition) is 3. The third-order valence-corrected chi connectivity index (χ3v) is 4.60. The second-order valence-corrected chi connectivity index (χ2v) is 7.08. The second kappa shape index (κ2) is 6.11. The quantitative estimate of drug-likeness (QED) is 0.889. The van der Waals surface area contributed by atoms with Gasteiger partial charge in [-0.2, -0.15) is 0 Å². The van der Waals surface area contributed by atoms with Crippen molar-refractivity contribution in [2.24, 2.45) is 11.1 Å². The minimum Gasteiger partial charge on any atom is -0.352 e. The van der Waals surface area contributed by atoms with Crippen LogP contribution in [0.3, 0.4) is 0 Å². The first-order valence-electron chi connectivity index (χ1n) is 6.48. The molecule has 0 heterocycles. The molecule has 1 amide bonds. The zero-order chi connectivity index (χ0) is 14.8. The predicted octanol–water partition coefficient (Wildman–Crippen LogP) is 1.91. The second-order valence-electron chi connectivity index (χ2n) is 5.08. The molecule has 0 spiro atoms. The molecule has 0 bridgehead atoms. The van der Waals surface area contributed by atoms with Gasteiger partial charge in [-0.1, -0.05) is 24.4 Å². The van der Waals surface area contributed by atoms with Crippen LogP contribution in [0.1, 0.15) is 36.0 Å². The van der Waals surface area contributed by atoms with E-state index in [1.165, 1.54) is 31.0 Å². The van der Waals surface area contributed by atoms with Crippen LogP contribution in [0.4, 0.5) is 0 Å². The van der Waals surface area contributed by atoms with Crippen molar-refractivity contribution >= 4 is 27.5 Å². The van der Waals surface area contributed by atoms with Gasteiger partial charge >= 0.3 is 0 Å². The third-order valence-electron chi connectivity index (χ3n) is 3.49. The maximum Gasteiger partial charge on any atom is 0.251 e. The van der Waals surface area contributed by atoms with Gasteiger partial charge < -0.3 is 5.32 Å². The third kappa shape index (κ3) is 3.94. The highest BCUT2D eigenvalue weighted by molar-refractivity contribution is 7.89. The molecule has 1 saturated carbocycles. The first-order valence-corrected chi connectivity index (χ1v) is 8.40. The summed E-state index contributed by atoms with van der Waals surface area (Å²) in [4.78, 5) is 11.9. The van der Waals surface area contributed by atoms with Gasteiger partial charge in [-0.25, -0.2) is 13.6 Å². The monoisotopic (exact) mass is 316 g/mol. The van der Waals surface area contributed by atoms with Crippen molar-refractivity contribution in [2.75, 3.05) is 6.54 Å². The molecule has 1 aliphatic carbocycles. The number of rotatable bonds is 4. The molecule has 0 aliphatic heterocycles. The molecule has 7 heteroatoms. The van der Waals surface area contributed by atoms with Crippen LogP contribution >= 0.6 is 11.6 Å². The average Bonchev–Trinajstić information content (AvgIpc) is 2.87. The fourth-order valence-electron chi connectivity index (χ4n) is 2.41. The Kier molecular flexibility index (Phi) is 4.67. The van der Waals surface area contributed by atoms with Crippen LogP contribution in [0.15, 0.2) is 23.1 Å². The molecular weight excluding hydrogens is 300 g/mol. The van der Waals surface area contributed by atoms with E-state index >= 15 is 0 Å². The molecule has 110 valence electrons. The predicted molar refractivity (Wildman–Crippen MR) is 77.1 cm³/mol. The highest BCUT2D eigenvalue weighted by Crippen LogP contribution is 2.24. The van der Waals surface area contributed by atoms with E-state index in [0.29, 0.717) is 12.5 Å². The molecule has 0 saturated heterocycles. The minimum atomic E-state index is -3.88. The fourth-order valence-corrected chi connectivity index (χ4v) is 3.29. The normalized spacial score (nSPS) is 16.3. The molecule has 0 aromatic heterocycles. The van der Waals surface area contributed by atoms with E-state index in [1.807, 2.05) is 0 Å². The lowest BCUT2D eigenvalue weighted by Crippen LogP contribution is -2.28. The van der Waals surface area contributed by atoms with Crippen molar-refractivity contribution in [3.63, 3.8) is 0 Å². The van der Waals surface area contributed by atoms with Gasteiger partial charge in [0.1, 0.15) is 0 Å². The van der Waals surface area contributed by atoms with Crippen LogP contribution in [-0.4, -0.2) is 20.9 Å². The van der Waals surface area contributed by atoms with Crippen molar-refractivity contribution in [3.8, 4) is 0 Å². The fraction of sp³-hybridized carbons (Fsp3) is 0.462. The van der Waals surface area contributed by atoms with Gasteiger partial charge in [0, 0.05) is 17.1 Å². The van der Waals surface area contributed by atoms with Gasteiger partial charge in [-0.3, -0.25) is 4.79 Å². The van der Waals surface area contributed by atoms with Crippen LogP contribution in [0.25, 0.3) is 0 Å². The molecule has 5 nitrogen and oxygen atoms in total. The van der Waals surface area contributed by atoms with Crippen molar-refractivity contribution in [1.82, 2.24) is 5.32 Å². The van der Waals surface area contributed by atoms with Crippen LogP contribution < -0.4 is 10.5 Å². The number of primary sulfonamides is 1. The first kappa shape index (κ1) is 15.3. The van der Waals surface area contributed by atoms with E-state index in [1.54, 1.807) is 0 Å². The van der Waals surface area contributed by atoms with Gasteiger partial charge in [0.25, 0.3) is 5.91 Å². The Balaban J connectivity index is 2.11. The summed E-state index contributed by atoms with van der Waals surface area (Å²) in [6, 6.07) is 3.90. The molecule has 1 fully saturated rings. The standard InChI is InChI=1S/C13H17ClN2O3S/c14-11-5-10(6-12(7-11)20(15,18)19)13(17)16-8-9-3-1-2-4-9/h5-7,9H,1-4,8H2,(H,16,17)(H2,15,18,19). The Labute approximate surface area is 123 Å². The molecule has 0 radical (unpaired) electrons. The van der Waals surface area contributed by atoms with E-state index in [9.17, 15) is 13.2 Å². The molecule has 2 rings (SSSR count). The zero-order valence-electron chi connectivity index (χ0n) is 10.9. The van der Waals surface area contributed by atoms with E-state index in [0.717, 1.165) is 12.8 Å². The molecular formula is C13H17ClN2O3S. The first-order chi connectivity index (χ1) is 9.36. The number of hydrogen-bond donors (Lipinski definition) is 2. The molecule has 1 aromatic rings. The van der Waals surface area contributed by atoms with E-state index in [2.05, 4.69) is 5.32 Å². The maximum atomic E-state index is 12.0. The number of carbonyl (C=O) groups is 1. The summed E-state index contributed by atoms with van der Waals surface area (Å²) in [6.45, 7) is 0.607. The Morgan fingerprint density at radius 1 is 1.30 bits per heavy atom. The zero-order valence-corrected chi connectivity index (χ0v) is 12.5.